The molecule has 0 radical (unpaired) electrons. The summed E-state index contributed by atoms with van der Waals surface area (Å²) in [7, 11) is 0. The second kappa shape index (κ2) is 12.6. The maximum Gasteiger partial charge on any atom is 0.411 e. The molecule has 0 unspecified atom stereocenters. The van der Waals surface area contributed by atoms with Gasteiger partial charge in [-0.15, -0.1) is 0 Å². The quantitative estimate of drug-likeness (QED) is 0.431. The topological polar surface area (TPSA) is 131 Å². The molecule has 2 aromatic carbocycles. The van der Waals surface area contributed by atoms with Crippen molar-refractivity contribution in [1.82, 2.24) is 10.2 Å². The van der Waals surface area contributed by atoms with Crippen LogP contribution in [-0.2, 0) is 20.9 Å². The Labute approximate surface area is 206 Å². The molecule has 0 aliphatic carbocycles. The largest absolute Gasteiger partial charge is 0.508 e. The number of ether oxygens (including phenoxy) is 2. The molecule has 0 saturated carbocycles. The summed E-state index contributed by atoms with van der Waals surface area (Å²) in [5.74, 6) is -0.602. The van der Waals surface area contributed by atoms with Crippen LogP contribution in [0.2, 0.25) is 0 Å². The molecule has 190 valence electrons. The van der Waals surface area contributed by atoms with Gasteiger partial charge in [-0.05, 0) is 63.8 Å². The average molecular weight is 486 g/mol. The third-order valence-electron chi connectivity index (χ3n) is 5.20. The molecule has 0 spiro atoms. The highest BCUT2D eigenvalue weighted by Gasteiger charge is 2.35. The van der Waals surface area contributed by atoms with Crippen molar-refractivity contribution in [3.05, 3.63) is 65.7 Å². The molecular formula is C26H35N3O6. The van der Waals surface area contributed by atoms with Crippen molar-refractivity contribution in [1.29, 1.82) is 0 Å². The van der Waals surface area contributed by atoms with Crippen LogP contribution >= 0.6 is 0 Å². The van der Waals surface area contributed by atoms with Gasteiger partial charge in [-0.2, -0.15) is 0 Å². The maximum atomic E-state index is 13.1. The molecule has 2 atom stereocenters. The summed E-state index contributed by atoms with van der Waals surface area (Å²) in [6.45, 7) is 7.33. The van der Waals surface area contributed by atoms with Gasteiger partial charge in [-0.1, -0.05) is 42.5 Å². The Morgan fingerprint density at radius 1 is 1.06 bits per heavy atom. The first-order valence-corrected chi connectivity index (χ1v) is 11.5. The van der Waals surface area contributed by atoms with E-state index in [0.29, 0.717) is 12.0 Å². The van der Waals surface area contributed by atoms with Crippen LogP contribution in [0.4, 0.5) is 9.59 Å². The Balaban J connectivity index is 2.04. The number of phenols is 1. The second-order valence-electron chi connectivity index (χ2n) is 9.20. The second-order valence-corrected chi connectivity index (χ2v) is 9.20. The molecule has 0 heterocycles. The fourth-order valence-electron chi connectivity index (χ4n) is 3.46. The van der Waals surface area contributed by atoms with Crippen LogP contribution < -0.4 is 11.1 Å². The number of hydrogen-bond acceptors (Lipinski definition) is 6. The van der Waals surface area contributed by atoms with Crippen LogP contribution in [-0.4, -0.2) is 46.3 Å². The van der Waals surface area contributed by atoms with Crippen molar-refractivity contribution in [2.45, 2.75) is 64.8 Å². The number of amides is 3. The highest BCUT2D eigenvalue weighted by atomic mass is 16.6. The molecule has 0 bridgehead atoms. The molecule has 0 aromatic heterocycles. The van der Waals surface area contributed by atoms with Crippen LogP contribution in [0.3, 0.4) is 0 Å². The van der Waals surface area contributed by atoms with E-state index in [0.717, 1.165) is 5.56 Å². The lowest BCUT2D eigenvalue weighted by Gasteiger charge is -2.36. The number of nitrogens with one attached hydrogen (secondary N) is 1. The summed E-state index contributed by atoms with van der Waals surface area (Å²) >= 11 is 0. The number of nitrogens with two attached hydrogens (primary N) is 1. The van der Waals surface area contributed by atoms with E-state index in [1.165, 1.54) is 17.0 Å². The van der Waals surface area contributed by atoms with E-state index >= 15 is 0 Å². The molecule has 9 nitrogen and oxygen atoms in total. The van der Waals surface area contributed by atoms with Gasteiger partial charge < -0.3 is 25.6 Å². The third-order valence-corrected chi connectivity index (χ3v) is 5.20. The first kappa shape index (κ1) is 27.5. The minimum Gasteiger partial charge on any atom is -0.508 e. The Bertz CT molecular complexity index is 973. The predicted octanol–water partition coefficient (Wildman–Crippen LogP) is 4.25. The summed E-state index contributed by atoms with van der Waals surface area (Å²) in [5.41, 5.74) is 6.48. The summed E-state index contributed by atoms with van der Waals surface area (Å²) < 4.78 is 10.7. The molecule has 0 saturated heterocycles. The van der Waals surface area contributed by atoms with Gasteiger partial charge in [-0.25, -0.2) is 9.59 Å². The van der Waals surface area contributed by atoms with Crippen LogP contribution in [0.1, 0.15) is 57.7 Å². The monoisotopic (exact) mass is 485 g/mol. The first-order chi connectivity index (χ1) is 16.5. The zero-order valence-electron chi connectivity index (χ0n) is 20.7. The van der Waals surface area contributed by atoms with Gasteiger partial charge in [-0.3, -0.25) is 9.69 Å². The van der Waals surface area contributed by atoms with Crippen molar-refractivity contribution < 1.29 is 29.0 Å². The lowest BCUT2D eigenvalue weighted by atomic mass is 10.0. The number of nitrogens with zero attached hydrogens (tertiary/aromatic N) is 1. The maximum absolute atomic E-state index is 13.1. The van der Waals surface area contributed by atoms with Gasteiger partial charge >= 0.3 is 12.2 Å². The fraction of sp³-hybridized carbons (Fsp3) is 0.423. The SMILES string of the molecule is C[C@@H](c1ccc(O)cc1)N(C(=O)OC(C)(C)C)[C@H](CCCNC(=O)OCc1ccccc1)C(N)=O. The van der Waals surface area contributed by atoms with Crippen molar-refractivity contribution in [2.75, 3.05) is 6.54 Å². The van der Waals surface area contributed by atoms with E-state index in [9.17, 15) is 19.5 Å². The number of hydrogen-bond donors (Lipinski definition) is 3. The van der Waals surface area contributed by atoms with Crippen LogP contribution in [0, 0.1) is 0 Å². The van der Waals surface area contributed by atoms with Crippen molar-refractivity contribution >= 4 is 18.1 Å². The molecule has 2 rings (SSSR count). The number of alkyl carbamates (subject to hydrolysis) is 1. The lowest BCUT2D eigenvalue weighted by molar-refractivity contribution is -0.124. The molecule has 4 N–H and O–H groups in total. The van der Waals surface area contributed by atoms with E-state index in [4.69, 9.17) is 15.2 Å². The van der Waals surface area contributed by atoms with E-state index < -0.39 is 35.8 Å². The Hall–Kier alpha value is -3.75. The highest BCUT2D eigenvalue weighted by molar-refractivity contribution is 5.84. The predicted molar refractivity (Wildman–Crippen MR) is 131 cm³/mol. The molecule has 0 aliphatic rings. The minimum absolute atomic E-state index is 0.0847. The Morgan fingerprint density at radius 2 is 1.69 bits per heavy atom. The fourth-order valence-corrected chi connectivity index (χ4v) is 3.46. The molecule has 35 heavy (non-hydrogen) atoms. The van der Waals surface area contributed by atoms with Gasteiger partial charge in [0.2, 0.25) is 5.91 Å². The third kappa shape index (κ3) is 9.19. The number of aromatic hydroxyl groups is 1. The van der Waals surface area contributed by atoms with Gasteiger partial charge in [0.15, 0.2) is 0 Å². The molecule has 0 aliphatic heterocycles. The Morgan fingerprint density at radius 3 is 2.26 bits per heavy atom. The number of benzene rings is 2. The standard InChI is InChI=1S/C26H35N3O6/c1-18(20-12-14-21(30)15-13-20)29(25(33)35-26(2,3)4)22(23(27)31)11-8-16-28-24(32)34-17-19-9-6-5-7-10-19/h5-7,9-10,12-15,18,22,30H,8,11,16-17H2,1-4H3,(H2,27,31)(H,28,32)/t18-,22+/m0/s1. The number of phenolic OH excluding ortho intramolecular Hbond substituents is 1. The average Bonchev–Trinajstić information content (AvgIpc) is 2.79. The smallest absolute Gasteiger partial charge is 0.411 e. The van der Waals surface area contributed by atoms with E-state index in [1.807, 2.05) is 30.3 Å². The highest BCUT2D eigenvalue weighted by Crippen LogP contribution is 2.28. The summed E-state index contributed by atoms with van der Waals surface area (Å²) in [6, 6.07) is 14.1. The number of carbonyl (C=O) groups excluding carboxylic acids is 3. The van der Waals surface area contributed by atoms with Crippen molar-refractivity contribution in [3.63, 3.8) is 0 Å². The first-order valence-electron chi connectivity index (χ1n) is 11.5. The normalized spacial score (nSPS) is 12.8. The zero-order chi connectivity index (χ0) is 26.0. The van der Waals surface area contributed by atoms with Crippen LogP contribution in [0.15, 0.2) is 54.6 Å². The van der Waals surface area contributed by atoms with Gasteiger partial charge in [0.05, 0.1) is 6.04 Å². The van der Waals surface area contributed by atoms with E-state index in [-0.39, 0.29) is 25.3 Å². The van der Waals surface area contributed by atoms with Gasteiger partial charge in [0.1, 0.15) is 24.0 Å². The molecular weight excluding hydrogens is 450 g/mol. The zero-order valence-corrected chi connectivity index (χ0v) is 20.7. The molecule has 0 fully saturated rings. The van der Waals surface area contributed by atoms with Gasteiger partial charge in [0, 0.05) is 6.54 Å². The summed E-state index contributed by atoms with van der Waals surface area (Å²) in [4.78, 5) is 38.8. The number of primary amides is 1. The van der Waals surface area contributed by atoms with E-state index in [2.05, 4.69) is 5.32 Å². The Kier molecular flexibility index (Phi) is 9.93. The van der Waals surface area contributed by atoms with Gasteiger partial charge in [0.25, 0.3) is 0 Å². The van der Waals surface area contributed by atoms with Crippen molar-refractivity contribution in [2.24, 2.45) is 5.73 Å². The summed E-state index contributed by atoms with van der Waals surface area (Å²) in [5, 5.41) is 12.2. The van der Waals surface area contributed by atoms with Crippen LogP contribution in [0.5, 0.6) is 5.75 Å². The molecule has 2 aromatic rings. The molecule has 3 amide bonds. The number of rotatable bonds is 10. The van der Waals surface area contributed by atoms with Crippen LogP contribution in [0.25, 0.3) is 0 Å². The number of carbonyl (C=O) groups is 3. The van der Waals surface area contributed by atoms with E-state index in [1.54, 1.807) is 39.8 Å². The minimum atomic E-state index is -0.976. The van der Waals surface area contributed by atoms with Crippen molar-refractivity contribution in [3.8, 4) is 5.75 Å². The molecule has 9 heteroatoms. The lowest BCUT2D eigenvalue weighted by Crippen LogP contribution is -2.50. The summed E-state index contributed by atoms with van der Waals surface area (Å²) in [6.07, 6.45) is -0.686.